The highest BCUT2D eigenvalue weighted by molar-refractivity contribution is 5.94. The van der Waals surface area contributed by atoms with E-state index in [9.17, 15) is 19.5 Å². The lowest BCUT2D eigenvalue weighted by Crippen LogP contribution is -2.60. The zero-order valence-electron chi connectivity index (χ0n) is 13.8. The maximum absolute atomic E-state index is 12.5. The van der Waals surface area contributed by atoms with E-state index >= 15 is 0 Å². The number of aliphatic hydroxyl groups is 1. The second-order valence-corrected chi connectivity index (χ2v) is 5.93. The van der Waals surface area contributed by atoms with Gasteiger partial charge in [-0.15, -0.1) is 0 Å². The fourth-order valence-corrected chi connectivity index (χ4v) is 2.08. The first-order valence-electron chi connectivity index (χ1n) is 7.53. The first-order chi connectivity index (χ1) is 10.0. The van der Waals surface area contributed by atoms with Crippen molar-refractivity contribution in [1.82, 2.24) is 5.32 Å². The third-order valence-corrected chi connectivity index (χ3v) is 4.18. The molecule has 0 saturated heterocycles. The predicted octanol–water partition coefficient (Wildman–Crippen LogP) is 0.236. The second-order valence-electron chi connectivity index (χ2n) is 5.93. The highest BCUT2D eigenvalue weighted by Crippen LogP contribution is 2.19. The van der Waals surface area contributed by atoms with Crippen LogP contribution < -0.4 is 11.1 Å². The molecule has 0 amide bonds. The first kappa shape index (κ1) is 20.7. The van der Waals surface area contributed by atoms with Gasteiger partial charge in [-0.25, -0.2) is 0 Å². The van der Waals surface area contributed by atoms with Crippen molar-refractivity contribution in [2.75, 3.05) is 6.54 Å². The van der Waals surface area contributed by atoms with Crippen molar-refractivity contribution in [3.63, 3.8) is 0 Å². The minimum absolute atomic E-state index is 0.00222. The average Bonchev–Trinajstić information content (AvgIpc) is 2.49. The zero-order valence-corrected chi connectivity index (χ0v) is 13.8. The van der Waals surface area contributed by atoms with Crippen LogP contribution in [0.15, 0.2) is 0 Å². The largest absolute Gasteiger partial charge is 0.481 e. The number of nitrogens with two attached hydrogens (primary N) is 1. The fourth-order valence-electron chi connectivity index (χ4n) is 2.08. The lowest BCUT2D eigenvalue weighted by Gasteiger charge is -2.35. The van der Waals surface area contributed by atoms with Gasteiger partial charge in [-0.05, 0) is 33.1 Å². The van der Waals surface area contributed by atoms with Gasteiger partial charge in [0.25, 0.3) is 0 Å². The Morgan fingerprint density at radius 1 is 1.18 bits per heavy atom. The highest BCUT2D eigenvalue weighted by Gasteiger charge is 2.39. The van der Waals surface area contributed by atoms with Gasteiger partial charge in [0.2, 0.25) is 0 Å². The summed E-state index contributed by atoms with van der Waals surface area (Å²) >= 11 is 0. The monoisotopic (exact) mass is 316 g/mol. The molecule has 0 saturated carbocycles. The van der Waals surface area contributed by atoms with E-state index in [1.165, 1.54) is 6.92 Å². The van der Waals surface area contributed by atoms with Gasteiger partial charge in [0, 0.05) is 6.42 Å². The van der Waals surface area contributed by atoms with E-state index in [1.807, 2.05) is 0 Å². The normalized spacial score (nSPS) is 18.1. The van der Waals surface area contributed by atoms with Gasteiger partial charge < -0.3 is 15.9 Å². The number of ketones is 2. The van der Waals surface area contributed by atoms with Gasteiger partial charge >= 0.3 is 5.97 Å². The van der Waals surface area contributed by atoms with Crippen LogP contribution in [0.25, 0.3) is 0 Å². The van der Waals surface area contributed by atoms with Crippen molar-refractivity contribution in [2.24, 2.45) is 5.73 Å². The number of carboxylic acids is 1. The summed E-state index contributed by atoms with van der Waals surface area (Å²) in [7, 11) is 0. The molecule has 7 nitrogen and oxygen atoms in total. The Labute approximate surface area is 131 Å². The summed E-state index contributed by atoms with van der Waals surface area (Å²) in [5, 5.41) is 21.9. The Morgan fingerprint density at radius 3 is 2.09 bits per heavy atom. The maximum atomic E-state index is 12.5. The molecule has 0 aromatic rings. The molecule has 0 aliphatic heterocycles. The molecule has 0 aliphatic carbocycles. The van der Waals surface area contributed by atoms with Crippen LogP contribution in [0.3, 0.4) is 0 Å². The van der Waals surface area contributed by atoms with E-state index in [0.29, 0.717) is 6.42 Å². The van der Waals surface area contributed by atoms with Crippen molar-refractivity contribution in [2.45, 2.75) is 70.6 Å². The topological polar surface area (TPSA) is 130 Å². The minimum atomic E-state index is -1.57. The second kappa shape index (κ2) is 8.36. The van der Waals surface area contributed by atoms with Crippen LogP contribution in [0.4, 0.5) is 0 Å². The summed E-state index contributed by atoms with van der Waals surface area (Å²) < 4.78 is 0. The van der Waals surface area contributed by atoms with Crippen LogP contribution in [0.2, 0.25) is 0 Å². The average molecular weight is 316 g/mol. The molecular weight excluding hydrogens is 288 g/mol. The highest BCUT2D eigenvalue weighted by atomic mass is 16.4. The number of carbonyl (C=O) groups is 3. The van der Waals surface area contributed by atoms with E-state index < -0.39 is 28.9 Å². The van der Waals surface area contributed by atoms with Crippen LogP contribution in [0, 0.1) is 0 Å². The van der Waals surface area contributed by atoms with Gasteiger partial charge in [0.1, 0.15) is 5.60 Å². The molecule has 0 spiro atoms. The van der Waals surface area contributed by atoms with Crippen LogP contribution in [-0.2, 0) is 14.4 Å². The molecule has 7 heteroatoms. The quantitative estimate of drug-likeness (QED) is 0.429. The lowest BCUT2D eigenvalue weighted by atomic mass is 9.86. The number of hydrogen-bond donors (Lipinski definition) is 4. The zero-order chi connectivity index (χ0) is 17.6. The Hall–Kier alpha value is -1.31. The van der Waals surface area contributed by atoms with E-state index in [2.05, 4.69) is 5.32 Å². The predicted molar refractivity (Wildman–Crippen MR) is 82.5 cm³/mol. The van der Waals surface area contributed by atoms with Crippen molar-refractivity contribution in [1.29, 1.82) is 0 Å². The minimum Gasteiger partial charge on any atom is -0.481 e. The molecule has 22 heavy (non-hydrogen) atoms. The van der Waals surface area contributed by atoms with Gasteiger partial charge in [-0.3, -0.25) is 19.7 Å². The van der Waals surface area contributed by atoms with Crippen LogP contribution in [0.5, 0.6) is 0 Å². The van der Waals surface area contributed by atoms with Gasteiger partial charge in [-0.2, -0.15) is 0 Å². The smallest absolute Gasteiger partial charge is 0.303 e. The lowest BCUT2D eigenvalue weighted by molar-refractivity contribution is -0.141. The summed E-state index contributed by atoms with van der Waals surface area (Å²) in [6.45, 7) is 6.28. The molecule has 0 heterocycles. The van der Waals surface area contributed by atoms with Gasteiger partial charge in [0.05, 0.1) is 18.1 Å². The van der Waals surface area contributed by atoms with Crippen LogP contribution in [0.1, 0.15) is 53.4 Å². The Kier molecular flexibility index (Phi) is 7.86. The fraction of sp³-hybridized carbons (Fsp3) is 0.800. The Morgan fingerprint density at radius 2 is 1.73 bits per heavy atom. The van der Waals surface area contributed by atoms with E-state index in [4.69, 9.17) is 10.8 Å². The van der Waals surface area contributed by atoms with Crippen molar-refractivity contribution in [3.8, 4) is 0 Å². The summed E-state index contributed by atoms with van der Waals surface area (Å²) in [6.07, 6.45) is 0.358. The van der Waals surface area contributed by atoms with Gasteiger partial charge in [0.15, 0.2) is 11.6 Å². The molecule has 0 aromatic carbocycles. The molecule has 0 radical (unpaired) electrons. The third-order valence-electron chi connectivity index (χ3n) is 4.18. The molecule has 0 aliphatic rings. The first-order valence-corrected chi connectivity index (χ1v) is 7.53. The standard InChI is InChI=1S/C15H28N2O5/c1-5-14(3,11(18)9-16)17-10(7-8-12(19)20)13(21)15(4,22)6-2/h10,17,22H,5-9,16H2,1-4H3,(H,19,20). The van der Waals surface area contributed by atoms with E-state index in [-0.39, 0.29) is 31.6 Å². The summed E-state index contributed by atoms with van der Waals surface area (Å²) in [5.74, 6) is -1.82. The van der Waals surface area contributed by atoms with Crippen molar-refractivity contribution in [3.05, 3.63) is 0 Å². The number of aliphatic carboxylic acids is 1. The number of carbonyl (C=O) groups excluding carboxylic acids is 2. The van der Waals surface area contributed by atoms with E-state index in [0.717, 1.165) is 0 Å². The molecular formula is C15H28N2O5. The number of rotatable bonds is 11. The Bertz CT molecular complexity index is 422. The number of carboxylic acid groups (broad SMARTS) is 1. The molecule has 0 aromatic heterocycles. The molecule has 0 rings (SSSR count). The number of nitrogens with one attached hydrogen (secondary N) is 1. The molecule has 128 valence electrons. The summed E-state index contributed by atoms with van der Waals surface area (Å²) in [4.78, 5) is 35.3. The number of hydrogen-bond acceptors (Lipinski definition) is 6. The van der Waals surface area contributed by atoms with Gasteiger partial charge in [-0.1, -0.05) is 13.8 Å². The number of Topliss-reactive ketones (excluding diaryl/α,β-unsaturated/α-hetero) is 2. The maximum Gasteiger partial charge on any atom is 0.303 e. The molecule has 3 atom stereocenters. The third kappa shape index (κ3) is 5.47. The molecule has 0 bridgehead atoms. The summed E-state index contributed by atoms with van der Waals surface area (Å²) in [6, 6.07) is -0.925. The SMILES string of the molecule is CCC(C)(O)C(=O)C(CCC(=O)O)NC(C)(CC)C(=O)CN. The Balaban J connectivity index is 5.36. The van der Waals surface area contributed by atoms with Crippen LogP contribution in [-0.4, -0.2) is 51.5 Å². The molecule has 3 unspecified atom stereocenters. The van der Waals surface area contributed by atoms with Crippen molar-refractivity contribution < 1.29 is 24.6 Å². The summed E-state index contributed by atoms with van der Waals surface area (Å²) in [5.41, 5.74) is 2.80. The van der Waals surface area contributed by atoms with Crippen LogP contribution >= 0.6 is 0 Å². The van der Waals surface area contributed by atoms with E-state index in [1.54, 1.807) is 20.8 Å². The molecule has 0 fully saturated rings. The van der Waals surface area contributed by atoms with Crippen molar-refractivity contribution >= 4 is 17.5 Å². The molecule has 5 N–H and O–H groups in total.